The lowest BCUT2D eigenvalue weighted by Gasteiger charge is -2.32. The van der Waals surface area contributed by atoms with Gasteiger partial charge >= 0.3 is 5.97 Å². The Morgan fingerprint density at radius 3 is 2.84 bits per heavy atom. The van der Waals surface area contributed by atoms with Crippen LogP contribution in [0.1, 0.15) is 43.4 Å². The summed E-state index contributed by atoms with van der Waals surface area (Å²) in [4.78, 5) is 13.4. The molecule has 0 saturated carbocycles. The minimum absolute atomic E-state index is 0.298. The maximum absolute atomic E-state index is 11.1. The topological polar surface area (TPSA) is 71.2 Å². The van der Waals surface area contributed by atoms with Crippen molar-refractivity contribution in [2.45, 2.75) is 44.7 Å². The quantitative estimate of drug-likeness (QED) is 0.865. The average Bonchev–Trinajstić information content (AvgIpc) is 2.82. The van der Waals surface area contributed by atoms with E-state index in [0.29, 0.717) is 18.9 Å². The Balaban J connectivity index is 1.84. The van der Waals surface area contributed by atoms with Crippen LogP contribution in [0.25, 0.3) is 0 Å². The second-order valence-corrected chi connectivity index (χ2v) is 5.65. The van der Waals surface area contributed by atoms with Gasteiger partial charge in [0, 0.05) is 13.0 Å². The summed E-state index contributed by atoms with van der Waals surface area (Å²) >= 11 is 0. The third kappa shape index (κ3) is 2.25. The summed E-state index contributed by atoms with van der Waals surface area (Å²) in [6, 6.07) is 0.344. The van der Waals surface area contributed by atoms with Crippen molar-refractivity contribution in [3.8, 4) is 0 Å². The van der Waals surface area contributed by atoms with Gasteiger partial charge in [0.1, 0.15) is 11.6 Å². The molecule has 1 fully saturated rings. The largest absolute Gasteiger partial charge is 0.481 e. The molecular formula is C13H20N4O2. The number of carboxylic acid groups (broad SMARTS) is 1. The Bertz CT molecular complexity index is 485. The van der Waals surface area contributed by atoms with E-state index in [1.807, 2.05) is 0 Å². The van der Waals surface area contributed by atoms with Crippen molar-refractivity contribution < 1.29 is 9.90 Å². The van der Waals surface area contributed by atoms with Crippen LogP contribution in [-0.2, 0) is 17.8 Å². The van der Waals surface area contributed by atoms with Gasteiger partial charge < -0.3 is 9.67 Å². The van der Waals surface area contributed by atoms with Gasteiger partial charge in [0.15, 0.2) is 0 Å². The molecule has 19 heavy (non-hydrogen) atoms. The summed E-state index contributed by atoms with van der Waals surface area (Å²) in [5, 5.41) is 17.7. The minimum atomic E-state index is -0.717. The van der Waals surface area contributed by atoms with E-state index in [1.54, 1.807) is 0 Å². The third-order valence-corrected chi connectivity index (χ3v) is 4.40. The number of hydrogen-bond acceptors (Lipinski definition) is 4. The van der Waals surface area contributed by atoms with E-state index >= 15 is 0 Å². The predicted octanol–water partition coefficient (Wildman–Crippen LogP) is 1.08. The van der Waals surface area contributed by atoms with E-state index in [1.165, 1.54) is 12.8 Å². The van der Waals surface area contributed by atoms with Crippen molar-refractivity contribution in [2.24, 2.45) is 5.92 Å². The Morgan fingerprint density at radius 1 is 1.26 bits per heavy atom. The lowest BCUT2D eigenvalue weighted by atomic mass is 9.97. The van der Waals surface area contributed by atoms with Crippen LogP contribution in [0.5, 0.6) is 0 Å². The Kier molecular flexibility index (Phi) is 3.26. The number of fused-ring (bicyclic) bond motifs is 1. The zero-order chi connectivity index (χ0) is 13.4. The molecule has 2 atom stereocenters. The van der Waals surface area contributed by atoms with Gasteiger partial charge in [0.2, 0.25) is 0 Å². The molecule has 2 aliphatic heterocycles. The maximum atomic E-state index is 11.1. The first-order chi connectivity index (χ1) is 9.16. The van der Waals surface area contributed by atoms with Crippen LogP contribution in [0.3, 0.4) is 0 Å². The summed E-state index contributed by atoms with van der Waals surface area (Å²) in [7, 11) is 2.13. The number of carboxylic acids is 1. The number of piperidine rings is 1. The molecule has 1 aromatic rings. The highest BCUT2D eigenvalue weighted by Crippen LogP contribution is 2.31. The van der Waals surface area contributed by atoms with Gasteiger partial charge in [-0.15, -0.1) is 10.2 Å². The fourth-order valence-electron chi connectivity index (χ4n) is 3.21. The monoisotopic (exact) mass is 264 g/mol. The van der Waals surface area contributed by atoms with Crippen LogP contribution in [0.2, 0.25) is 0 Å². The third-order valence-electron chi connectivity index (χ3n) is 4.40. The predicted molar refractivity (Wildman–Crippen MR) is 68.7 cm³/mol. The number of nitrogens with zero attached hydrogens (tertiary/aromatic N) is 4. The van der Waals surface area contributed by atoms with E-state index in [4.69, 9.17) is 5.11 Å². The molecule has 0 spiro atoms. The number of likely N-dealkylation sites (tertiary alicyclic amines) is 1. The van der Waals surface area contributed by atoms with Crippen LogP contribution in [0, 0.1) is 5.92 Å². The zero-order valence-corrected chi connectivity index (χ0v) is 11.2. The normalized spacial score (nSPS) is 28.1. The standard InChI is InChI=1S/C13H20N4O2/c1-16-6-3-2-4-10(16)12-15-14-11-8-9(13(18)19)5-7-17(11)12/h9-10H,2-8H2,1H3,(H,18,19). The number of rotatable bonds is 2. The van der Waals surface area contributed by atoms with Crippen LogP contribution < -0.4 is 0 Å². The van der Waals surface area contributed by atoms with Crippen molar-refractivity contribution in [1.82, 2.24) is 19.7 Å². The molecule has 6 heteroatoms. The van der Waals surface area contributed by atoms with Crippen LogP contribution in [0.4, 0.5) is 0 Å². The minimum Gasteiger partial charge on any atom is -0.481 e. The molecule has 3 rings (SSSR count). The lowest BCUT2D eigenvalue weighted by molar-refractivity contribution is -0.142. The van der Waals surface area contributed by atoms with Crippen LogP contribution in [-0.4, -0.2) is 44.3 Å². The smallest absolute Gasteiger partial charge is 0.307 e. The highest BCUT2D eigenvalue weighted by molar-refractivity contribution is 5.70. The summed E-state index contributed by atoms with van der Waals surface area (Å²) in [6.07, 6.45) is 4.80. The summed E-state index contributed by atoms with van der Waals surface area (Å²) in [6.45, 7) is 1.84. The SMILES string of the molecule is CN1CCCCC1c1nnc2n1CCC(C(=O)O)C2. The maximum Gasteiger partial charge on any atom is 0.307 e. The van der Waals surface area contributed by atoms with Crippen molar-refractivity contribution >= 4 is 5.97 Å². The second-order valence-electron chi connectivity index (χ2n) is 5.65. The van der Waals surface area contributed by atoms with E-state index in [2.05, 4.69) is 26.7 Å². The van der Waals surface area contributed by atoms with Crippen molar-refractivity contribution in [3.63, 3.8) is 0 Å². The van der Waals surface area contributed by atoms with Crippen molar-refractivity contribution in [2.75, 3.05) is 13.6 Å². The molecule has 1 saturated heterocycles. The second kappa shape index (κ2) is 4.92. The highest BCUT2D eigenvalue weighted by Gasteiger charge is 2.31. The Morgan fingerprint density at radius 2 is 2.11 bits per heavy atom. The molecule has 2 unspecified atom stereocenters. The van der Waals surface area contributed by atoms with Gasteiger partial charge in [-0.1, -0.05) is 6.42 Å². The molecular weight excluding hydrogens is 244 g/mol. The molecule has 104 valence electrons. The molecule has 0 radical (unpaired) electrons. The van der Waals surface area contributed by atoms with E-state index in [9.17, 15) is 4.79 Å². The van der Waals surface area contributed by atoms with Gasteiger partial charge in [-0.05, 0) is 32.9 Å². The summed E-state index contributed by atoms with van der Waals surface area (Å²) in [5.41, 5.74) is 0. The average molecular weight is 264 g/mol. The number of aromatic nitrogens is 3. The summed E-state index contributed by atoms with van der Waals surface area (Å²) in [5.74, 6) is 0.855. The van der Waals surface area contributed by atoms with Gasteiger partial charge in [-0.2, -0.15) is 0 Å². The van der Waals surface area contributed by atoms with Crippen LogP contribution >= 0.6 is 0 Å². The van der Waals surface area contributed by atoms with Gasteiger partial charge in [0.05, 0.1) is 12.0 Å². The van der Waals surface area contributed by atoms with E-state index in [0.717, 1.165) is 31.2 Å². The molecule has 3 heterocycles. The number of carbonyl (C=O) groups is 1. The van der Waals surface area contributed by atoms with Crippen molar-refractivity contribution in [1.29, 1.82) is 0 Å². The Hall–Kier alpha value is -1.43. The number of hydrogen-bond donors (Lipinski definition) is 1. The molecule has 0 aromatic carbocycles. The first-order valence-corrected chi connectivity index (χ1v) is 7.02. The fraction of sp³-hybridized carbons (Fsp3) is 0.769. The first kappa shape index (κ1) is 12.6. The highest BCUT2D eigenvalue weighted by atomic mass is 16.4. The van der Waals surface area contributed by atoms with Crippen molar-refractivity contribution in [3.05, 3.63) is 11.6 Å². The molecule has 0 bridgehead atoms. The fourth-order valence-corrected chi connectivity index (χ4v) is 3.21. The molecule has 0 amide bonds. The lowest BCUT2D eigenvalue weighted by Crippen LogP contribution is -2.33. The van der Waals surface area contributed by atoms with E-state index in [-0.39, 0.29) is 5.92 Å². The molecule has 6 nitrogen and oxygen atoms in total. The first-order valence-electron chi connectivity index (χ1n) is 7.02. The molecule has 1 N–H and O–H groups in total. The van der Waals surface area contributed by atoms with E-state index < -0.39 is 5.97 Å². The molecule has 0 aliphatic carbocycles. The summed E-state index contributed by atoms with van der Waals surface area (Å²) < 4.78 is 2.14. The van der Waals surface area contributed by atoms with Gasteiger partial charge in [-0.25, -0.2) is 0 Å². The van der Waals surface area contributed by atoms with Crippen LogP contribution in [0.15, 0.2) is 0 Å². The zero-order valence-electron chi connectivity index (χ0n) is 11.2. The van der Waals surface area contributed by atoms with Gasteiger partial charge in [-0.3, -0.25) is 9.69 Å². The Labute approximate surface area is 112 Å². The number of aliphatic carboxylic acids is 1. The molecule has 1 aromatic heterocycles. The molecule has 2 aliphatic rings. The van der Waals surface area contributed by atoms with Gasteiger partial charge in [0.25, 0.3) is 0 Å².